The molecule has 0 bridgehead atoms. The Bertz CT molecular complexity index is 314. The summed E-state index contributed by atoms with van der Waals surface area (Å²) in [4.78, 5) is 0. The summed E-state index contributed by atoms with van der Waals surface area (Å²) < 4.78 is 0. The zero-order chi connectivity index (χ0) is 10.2. The van der Waals surface area contributed by atoms with Gasteiger partial charge in [0.25, 0.3) is 0 Å². The summed E-state index contributed by atoms with van der Waals surface area (Å²) in [6.07, 6.45) is 0. The minimum atomic E-state index is 0.264. The fourth-order valence-electron chi connectivity index (χ4n) is 2.11. The van der Waals surface area contributed by atoms with E-state index in [4.69, 9.17) is 0 Å². The standard InChI is InChI=1S/C13H20/c1-9-7-8-10(2)12(11(9)3)13(4,5)6/h7-8H,1-6H3. The second kappa shape index (κ2) is 3.17. The van der Waals surface area contributed by atoms with Crippen molar-refractivity contribution in [2.75, 3.05) is 0 Å². The Labute approximate surface area is 82.0 Å². The van der Waals surface area contributed by atoms with Crippen LogP contribution in [0.4, 0.5) is 0 Å². The maximum atomic E-state index is 2.28. The highest BCUT2D eigenvalue weighted by molar-refractivity contribution is 5.43. The van der Waals surface area contributed by atoms with E-state index in [0.29, 0.717) is 0 Å². The molecular weight excluding hydrogens is 156 g/mol. The van der Waals surface area contributed by atoms with Gasteiger partial charge in [-0.3, -0.25) is 0 Å². The Hall–Kier alpha value is -0.780. The lowest BCUT2D eigenvalue weighted by Gasteiger charge is -2.25. The molecule has 13 heavy (non-hydrogen) atoms. The van der Waals surface area contributed by atoms with E-state index in [1.54, 1.807) is 0 Å². The number of hydrogen-bond acceptors (Lipinski definition) is 0. The van der Waals surface area contributed by atoms with Crippen LogP contribution in [0.3, 0.4) is 0 Å². The zero-order valence-corrected chi connectivity index (χ0v) is 9.65. The lowest BCUT2D eigenvalue weighted by Crippen LogP contribution is -2.15. The molecule has 0 aliphatic heterocycles. The molecule has 0 amide bonds. The number of hydrogen-bond donors (Lipinski definition) is 0. The Balaban J connectivity index is 3.43. The molecule has 1 rings (SSSR count). The van der Waals surface area contributed by atoms with E-state index in [1.807, 2.05) is 0 Å². The molecule has 0 spiro atoms. The van der Waals surface area contributed by atoms with Gasteiger partial charge in [-0.05, 0) is 48.4 Å². The highest BCUT2D eigenvalue weighted by atomic mass is 14.2. The van der Waals surface area contributed by atoms with Crippen molar-refractivity contribution in [2.24, 2.45) is 0 Å². The number of aryl methyl sites for hydroxylation is 2. The number of benzene rings is 1. The van der Waals surface area contributed by atoms with Crippen molar-refractivity contribution in [1.82, 2.24) is 0 Å². The first-order chi connectivity index (χ1) is 5.84. The minimum Gasteiger partial charge on any atom is -0.0588 e. The quantitative estimate of drug-likeness (QED) is 0.562. The van der Waals surface area contributed by atoms with Gasteiger partial charge >= 0.3 is 0 Å². The van der Waals surface area contributed by atoms with Gasteiger partial charge in [-0.25, -0.2) is 0 Å². The molecule has 0 aliphatic rings. The second-order valence-electron chi connectivity index (χ2n) is 4.95. The average molecular weight is 176 g/mol. The molecule has 0 fully saturated rings. The summed E-state index contributed by atoms with van der Waals surface area (Å²) in [6, 6.07) is 4.43. The van der Waals surface area contributed by atoms with Crippen LogP contribution in [-0.2, 0) is 5.41 Å². The van der Waals surface area contributed by atoms with Crippen LogP contribution >= 0.6 is 0 Å². The van der Waals surface area contributed by atoms with Gasteiger partial charge in [0.2, 0.25) is 0 Å². The first-order valence-electron chi connectivity index (χ1n) is 4.91. The van der Waals surface area contributed by atoms with Crippen LogP contribution in [0.5, 0.6) is 0 Å². The molecule has 0 unspecified atom stereocenters. The van der Waals surface area contributed by atoms with Crippen molar-refractivity contribution in [1.29, 1.82) is 0 Å². The van der Waals surface area contributed by atoms with Crippen molar-refractivity contribution in [3.8, 4) is 0 Å². The van der Waals surface area contributed by atoms with E-state index in [2.05, 4.69) is 53.7 Å². The maximum absolute atomic E-state index is 2.28. The van der Waals surface area contributed by atoms with Gasteiger partial charge in [-0.2, -0.15) is 0 Å². The van der Waals surface area contributed by atoms with E-state index in [9.17, 15) is 0 Å². The molecule has 0 heteroatoms. The predicted molar refractivity (Wildman–Crippen MR) is 59.4 cm³/mol. The molecule has 0 atom stereocenters. The Kier molecular flexibility index (Phi) is 2.51. The minimum absolute atomic E-state index is 0.264. The van der Waals surface area contributed by atoms with Crippen LogP contribution < -0.4 is 0 Å². The molecule has 0 heterocycles. The van der Waals surface area contributed by atoms with Gasteiger partial charge in [0, 0.05) is 0 Å². The van der Waals surface area contributed by atoms with Gasteiger partial charge in [0.1, 0.15) is 0 Å². The first kappa shape index (κ1) is 10.3. The van der Waals surface area contributed by atoms with Crippen molar-refractivity contribution in [2.45, 2.75) is 47.0 Å². The van der Waals surface area contributed by atoms with Gasteiger partial charge < -0.3 is 0 Å². The van der Waals surface area contributed by atoms with Crippen molar-refractivity contribution in [3.05, 3.63) is 34.4 Å². The molecule has 1 aromatic carbocycles. The summed E-state index contributed by atoms with van der Waals surface area (Å²) in [5.41, 5.74) is 6.03. The van der Waals surface area contributed by atoms with Crippen LogP contribution in [0.25, 0.3) is 0 Å². The highest BCUT2D eigenvalue weighted by Gasteiger charge is 2.18. The fourth-order valence-corrected chi connectivity index (χ4v) is 2.11. The van der Waals surface area contributed by atoms with Crippen LogP contribution in [0.2, 0.25) is 0 Å². The smallest absolute Gasteiger partial charge is 0.0127 e. The molecular formula is C13H20. The third-order valence-electron chi connectivity index (χ3n) is 2.69. The van der Waals surface area contributed by atoms with Crippen molar-refractivity contribution < 1.29 is 0 Å². The highest BCUT2D eigenvalue weighted by Crippen LogP contribution is 2.30. The van der Waals surface area contributed by atoms with Crippen LogP contribution in [0.1, 0.15) is 43.0 Å². The second-order valence-corrected chi connectivity index (χ2v) is 4.95. The van der Waals surface area contributed by atoms with Crippen LogP contribution in [-0.4, -0.2) is 0 Å². The summed E-state index contributed by atoms with van der Waals surface area (Å²) in [5.74, 6) is 0. The van der Waals surface area contributed by atoms with E-state index in [0.717, 1.165) is 0 Å². The molecule has 1 aromatic rings. The first-order valence-corrected chi connectivity index (χ1v) is 4.91. The molecule has 72 valence electrons. The lowest BCUT2D eigenvalue weighted by molar-refractivity contribution is 0.581. The average Bonchev–Trinajstić information content (AvgIpc) is 1.95. The largest absolute Gasteiger partial charge is 0.0588 e. The van der Waals surface area contributed by atoms with E-state index in [-0.39, 0.29) is 5.41 Å². The molecule has 0 saturated carbocycles. The topological polar surface area (TPSA) is 0 Å². The molecule has 0 nitrogen and oxygen atoms in total. The third kappa shape index (κ3) is 1.93. The normalized spacial score (nSPS) is 11.8. The van der Waals surface area contributed by atoms with Crippen molar-refractivity contribution >= 4 is 0 Å². The fraction of sp³-hybridized carbons (Fsp3) is 0.538. The van der Waals surface area contributed by atoms with Gasteiger partial charge in [0.15, 0.2) is 0 Å². The Morgan fingerprint density at radius 3 is 1.69 bits per heavy atom. The maximum Gasteiger partial charge on any atom is -0.0127 e. The molecule has 0 saturated heterocycles. The van der Waals surface area contributed by atoms with Crippen LogP contribution in [0, 0.1) is 20.8 Å². The summed E-state index contributed by atoms with van der Waals surface area (Å²) >= 11 is 0. The molecule has 0 aromatic heterocycles. The third-order valence-corrected chi connectivity index (χ3v) is 2.69. The summed E-state index contributed by atoms with van der Waals surface area (Å²) in [7, 11) is 0. The predicted octanol–water partition coefficient (Wildman–Crippen LogP) is 3.91. The molecule has 0 aliphatic carbocycles. The summed E-state index contributed by atoms with van der Waals surface area (Å²) in [6.45, 7) is 13.4. The SMILES string of the molecule is Cc1ccc(C)c(C(C)(C)C)c1C. The number of rotatable bonds is 0. The summed E-state index contributed by atoms with van der Waals surface area (Å²) in [5, 5.41) is 0. The van der Waals surface area contributed by atoms with Crippen LogP contribution in [0.15, 0.2) is 12.1 Å². The van der Waals surface area contributed by atoms with E-state index < -0.39 is 0 Å². The molecule has 0 radical (unpaired) electrons. The lowest BCUT2D eigenvalue weighted by atomic mass is 9.80. The monoisotopic (exact) mass is 176 g/mol. The van der Waals surface area contributed by atoms with E-state index in [1.165, 1.54) is 22.3 Å². The molecule has 0 N–H and O–H groups in total. The van der Waals surface area contributed by atoms with Gasteiger partial charge in [-0.15, -0.1) is 0 Å². The zero-order valence-electron chi connectivity index (χ0n) is 9.65. The Morgan fingerprint density at radius 1 is 0.846 bits per heavy atom. The van der Waals surface area contributed by atoms with E-state index >= 15 is 0 Å². The van der Waals surface area contributed by atoms with Gasteiger partial charge in [0.05, 0.1) is 0 Å². The van der Waals surface area contributed by atoms with Gasteiger partial charge in [-0.1, -0.05) is 32.9 Å². The Morgan fingerprint density at radius 2 is 1.31 bits per heavy atom. The van der Waals surface area contributed by atoms with Crippen molar-refractivity contribution in [3.63, 3.8) is 0 Å².